The zero-order chi connectivity index (χ0) is 21.6. The highest BCUT2D eigenvalue weighted by Crippen LogP contribution is 2.28. The highest BCUT2D eigenvalue weighted by molar-refractivity contribution is 7.89. The quantitative estimate of drug-likeness (QED) is 0.609. The summed E-state index contributed by atoms with van der Waals surface area (Å²) in [6.45, 7) is 3.52. The summed E-state index contributed by atoms with van der Waals surface area (Å²) in [4.78, 5) is 12.3. The van der Waals surface area contributed by atoms with Crippen molar-refractivity contribution in [2.45, 2.75) is 25.3 Å². The van der Waals surface area contributed by atoms with Gasteiger partial charge in [-0.15, -0.1) is 0 Å². The number of carbonyl (C=O) groups is 1. The van der Waals surface area contributed by atoms with Crippen LogP contribution in [0.3, 0.4) is 0 Å². The van der Waals surface area contributed by atoms with Crippen LogP contribution in [0.2, 0.25) is 0 Å². The summed E-state index contributed by atoms with van der Waals surface area (Å²) in [5.74, 6) is -1.34. The first-order chi connectivity index (χ1) is 13.8. The van der Waals surface area contributed by atoms with Crippen molar-refractivity contribution >= 4 is 16.0 Å². The third kappa shape index (κ3) is 4.91. The minimum atomic E-state index is -3.88. The van der Waals surface area contributed by atoms with Gasteiger partial charge in [0.1, 0.15) is 23.1 Å². The van der Waals surface area contributed by atoms with E-state index in [2.05, 4.69) is 0 Å². The fraction of sp³-hybridized carbons (Fsp3) is 0.300. The van der Waals surface area contributed by atoms with Crippen LogP contribution in [0.5, 0.6) is 5.75 Å². The highest BCUT2D eigenvalue weighted by Gasteiger charge is 2.27. The lowest BCUT2D eigenvalue weighted by Gasteiger charge is -2.20. The summed E-state index contributed by atoms with van der Waals surface area (Å²) in [5, 5.41) is 8.90. The van der Waals surface area contributed by atoms with Gasteiger partial charge in [0.25, 0.3) is 0 Å². The molecule has 0 radical (unpaired) electrons. The lowest BCUT2D eigenvalue weighted by molar-refractivity contribution is 0.0468. The van der Waals surface area contributed by atoms with Crippen molar-refractivity contribution < 1.29 is 27.1 Å². The Morgan fingerprint density at radius 1 is 1.17 bits per heavy atom. The number of nitrogens with zero attached hydrogens (tertiary/aromatic N) is 2. The Bertz CT molecular complexity index is 1040. The topological polar surface area (TPSA) is 96.7 Å². The summed E-state index contributed by atoms with van der Waals surface area (Å²) in [6, 6.07) is 9.50. The fourth-order valence-corrected chi connectivity index (χ4v) is 4.33. The second-order valence-electron chi connectivity index (χ2n) is 5.95. The molecule has 0 aromatic heterocycles. The van der Waals surface area contributed by atoms with E-state index >= 15 is 0 Å². The van der Waals surface area contributed by atoms with Gasteiger partial charge in [-0.05, 0) is 36.4 Å². The molecule has 2 rings (SSSR count). The molecule has 9 heteroatoms. The van der Waals surface area contributed by atoms with Crippen LogP contribution in [-0.4, -0.2) is 38.9 Å². The molecule has 0 atom stereocenters. The predicted molar refractivity (Wildman–Crippen MR) is 103 cm³/mol. The van der Waals surface area contributed by atoms with Crippen molar-refractivity contribution in [3.05, 3.63) is 58.9 Å². The first kappa shape index (κ1) is 22.3. The van der Waals surface area contributed by atoms with Gasteiger partial charge in [0.05, 0.1) is 24.3 Å². The van der Waals surface area contributed by atoms with Gasteiger partial charge in [-0.1, -0.05) is 13.8 Å². The molecular weight excluding hydrogens is 399 g/mol. The molecule has 0 spiro atoms. The average molecular weight is 420 g/mol. The molecule has 0 amide bonds. The summed E-state index contributed by atoms with van der Waals surface area (Å²) in [7, 11) is -2.55. The summed E-state index contributed by atoms with van der Waals surface area (Å²) >= 11 is 0. The van der Waals surface area contributed by atoms with Crippen molar-refractivity contribution in [1.29, 1.82) is 5.26 Å². The number of ether oxygens (including phenoxy) is 2. The number of methoxy groups -OCH3 is 1. The molecule has 2 aromatic rings. The molecule has 154 valence electrons. The largest absolute Gasteiger partial charge is 0.495 e. The number of sulfonamides is 1. The van der Waals surface area contributed by atoms with Gasteiger partial charge in [0, 0.05) is 18.7 Å². The van der Waals surface area contributed by atoms with E-state index in [0.29, 0.717) is 0 Å². The van der Waals surface area contributed by atoms with Crippen LogP contribution in [-0.2, 0) is 21.4 Å². The number of hydrogen-bond donors (Lipinski definition) is 0. The zero-order valence-corrected chi connectivity index (χ0v) is 17.1. The summed E-state index contributed by atoms with van der Waals surface area (Å²) in [6.07, 6.45) is 0. The number of benzene rings is 2. The van der Waals surface area contributed by atoms with Crippen molar-refractivity contribution in [2.75, 3.05) is 20.2 Å². The summed E-state index contributed by atoms with van der Waals surface area (Å²) in [5.41, 5.74) is 0.254. The third-order valence-corrected chi connectivity index (χ3v) is 6.33. The van der Waals surface area contributed by atoms with E-state index in [1.807, 2.05) is 6.07 Å². The van der Waals surface area contributed by atoms with E-state index in [4.69, 9.17) is 14.7 Å². The zero-order valence-electron chi connectivity index (χ0n) is 16.3. The maximum atomic E-state index is 13.8. The van der Waals surface area contributed by atoms with Crippen LogP contribution >= 0.6 is 0 Å². The van der Waals surface area contributed by atoms with E-state index in [0.717, 1.165) is 6.07 Å². The molecule has 0 fully saturated rings. The first-order valence-corrected chi connectivity index (χ1v) is 10.3. The van der Waals surface area contributed by atoms with Gasteiger partial charge in [-0.3, -0.25) is 0 Å². The molecule has 0 unspecified atom stereocenters. The van der Waals surface area contributed by atoms with Gasteiger partial charge in [-0.25, -0.2) is 17.6 Å². The van der Waals surface area contributed by atoms with E-state index in [1.165, 1.54) is 41.7 Å². The van der Waals surface area contributed by atoms with E-state index in [-0.39, 0.29) is 40.4 Å². The molecule has 0 aliphatic carbocycles. The standard InChI is InChI=1S/C20H21FN2O5S/c1-4-23(5-2)29(25,26)19-11-15(7-9-18(19)27-3)20(24)28-13-16-10-14(12-22)6-8-17(16)21/h6-11H,4-5,13H2,1-3H3. The van der Waals surface area contributed by atoms with Crippen LogP contribution < -0.4 is 4.74 Å². The minimum absolute atomic E-state index is 0.0200. The Balaban J connectivity index is 2.32. The smallest absolute Gasteiger partial charge is 0.338 e. The Kier molecular flexibility index (Phi) is 7.31. The predicted octanol–water partition coefficient (Wildman–Crippen LogP) is 3.09. The molecular formula is C20H21FN2O5S. The molecule has 0 bridgehead atoms. The maximum absolute atomic E-state index is 13.8. The Labute approximate surface area is 169 Å². The number of esters is 1. The Morgan fingerprint density at radius 2 is 1.86 bits per heavy atom. The van der Waals surface area contributed by atoms with Crippen LogP contribution in [0.25, 0.3) is 0 Å². The van der Waals surface area contributed by atoms with Crippen LogP contribution in [0.4, 0.5) is 4.39 Å². The third-order valence-electron chi connectivity index (χ3n) is 4.26. The normalized spacial score (nSPS) is 11.2. The van der Waals surface area contributed by atoms with Crippen LogP contribution in [0.15, 0.2) is 41.3 Å². The van der Waals surface area contributed by atoms with Crippen LogP contribution in [0.1, 0.15) is 35.3 Å². The number of carbonyl (C=O) groups excluding carboxylic acids is 1. The highest BCUT2D eigenvalue weighted by atomic mass is 32.2. The second kappa shape index (κ2) is 9.49. The molecule has 0 N–H and O–H groups in total. The van der Waals surface area contributed by atoms with Crippen molar-refractivity contribution in [2.24, 2.45) is 0 Å². The van der Waals surface area contributed by atoms with Crippen molar-refractivity contribution in [3.8, 4) is 11.8 Å². The van der Waals surface area contributed by atoms with Crippen LogP contribution in [0, 0.1) is 17.1 Å². The number of halogens is 1. The minimum Gasteiger partial charge on any atom is -0.495 e. The fourth-order valence-electron chi connectivity index (χ4n) is 2.69. The van der Waals surface area contributed by atoms with E-state index in [1.54, 1.807) is 13.8 Å². The lowest BCUT2D eigenvalue weighted by Crippen LogP contribution is -2.31. The van der Waals surface area contributed by atoms with Crippen molar-refractivity contribution in [1.82, 2.24) is 4.31 Å². The van der Waals surface area contributed by atoms with Gasteiger partial charge in [-0.2, -0.15) is 9.57 Å². The van der Waals surface area contributed by atoms with Gasteiger partial charge in [0.15, 0.2) is 0 Å². The molecule has 2 aromatic carbocycles. The van der Waals surface area contributed by atoms with Gasteiger partial charge >= 0.3 is 5.97 Å². The Morgan fingerprint density at radius 3 is 2.45 bits per heavy atom. The van der Waals surface area contributed by atoms with E-state index < -0.39 is 28.4 Å². The molecule has 7 nitrogen and oxygen atoms in total. The number of rotatable bonds is 8. The van der Waals surface area contributed by atoms with Gasteiger partial charge < -0.3 is 9.47 Å². The number of hydrogen-bond acceptors (Lipinski definition) is 6. The second-order valence-corrected chi connectivity index (χ2v) is 7.86. The molecule has 0 aliphatic rings. The SMILES string of the molecule is CCN(CC)S(=O)(=O)c1cc(C(=O)OCc2cc(C#N)ccc2F)ccc1OC. The van der Waals surface area contributed by atoms with Gasteiger partial charge in [0.2, 0.25) is 10.0 Å². The molecule has 29 heavy (non-hydrogen) atoms. The lowest BCUT2D eigenvalue weighted by atomic mass is 10.1. The average Bonchev–Trinajstić information content (AvgIpc) is 2.73. The number of nitriles is 1. The maximum Gasteiger partial charge on any atom is 0.338 e. The monoisotopic (exact) mass is 420 g/mol. The van der Waals surface area contributed by atoms with Crippen molar-refractivity contribution in [3.63, 3.8) is 0 Å². The molecule has 0 aliphatic heterocycles. The molecule has 0 saturated heterocycles. The van der Waals surface area contributed by atoms with E-state index in [9.17, 15) is 17.6 Å². The molecule has 0 heterocycles. The first-order valence-electron chi connectivity index (χ1n) is 8.82. The summed E-state index contributed by atoms with van der Waals surface area (Å²) < 4.78 is 51.0. The Hall–Kier alpha value is -2.96. The molecule has 0 saturated carbocycles.